The summed E-state index contributed by atoms with van der Waals surface area (Å²) in [6.45, 7) is 0.654. The lowest BCUT2D eigenvalue weighted by atomic mass is 10.1. The second-order valence-corrected chi connectivity index (χ2v) is 5.89. The quantitative estimate of drug-likeness (QED) is 0.670. The molecule has 1 heterocycles. The number of hydrogen-bond donors (Lipinski definition) is 1. The predicted molar refractivity (Wildman–Crippen MR) is 84.9 cm³/mol. The van der Waals surface area contributed by atoms with E-state index in [1.54, 1.807) is 6.07 Å². The van der Waals surface area contributed by atoms with Crippen molar-refractivity contribution in [2.75, 3.05) is 0 Å². The zero-order valence-corrected chi connectivity index (χ0v) is 13.0. The van der Waals surface area contributed by atoms with Crippen LogP contribution in [0.25, 0.3) is 11.0 Å². The van der Waals surface area contributed by atoms with Gasteiger partial charge in [0.1, 0.15) is 5.82 Å². The molecule has 20 heavy (non-hydrogen) atoms. The third-order valence-corrected chi connectivity index (χ3v) is 4.11. The number of aromatic nitrogens is 2. The minimum atomic E-state index is -0.165. The van der Waals surface area contributed by atoms with Gasteiger partial charge in [0.25, 0.3) is 0 Å². The van der Waals surface area contributed by atoms with Gasteiger partial charge in [-0.3, -0.25) is 0 Å². The van der Waals surface area contributed by atoms with Crippen LogP contribution in [0.3, 0.4) is 0 Å². The zero-order chi connectivity index (χ0) is 14.1. The van der Waals surface area contributed by atoms with E-state index in [0.717, 1.165) is 15.5 Å². The Balaban J connectivity index is 1.94. The zero-order valence-electron chi connectivity index (χ0n) is 10.6. The number of aromatic amines is 1. The molecular weight excluding hydrogens is 339 g/mol. The summed E-state index contributed by atoms with van der Waals surface area (Å²) < 4.78 is 17.3. The maximum Gasteiger partial charge on any atom is 0.178 e. The van der Waals surface area contributed by atoms with Gasteiger partial charge < -0.3 is 9.55 Å². The number of rotatable bonds is 3. The van der Waals surface area contributed by atoms with Crippen molar-refractivity contribution in [3.63, 3.8) is 0 Å². The summed E-state index contributed by atoms with van der Waals surface area (Å²) in [5.41, 5.74) is 2.73. The molecule has 0 spiro atoms. The summed E-state index contributed by atoms with van der Waals surface area (Å²) in [6, 6.07) is 12.8. The van der Waals surface area contributed by atoms with Crippen molar-refractivity contribution in [3.05, 3.63) is 63.1 Å². The van der Waals surface area contributed by atoms with Crippen molar-refractivity contribution in [1.82, 2.24) is 9.55 Å². The number of nitrogens with zero attached hydrogens (tertiary/aromatic N) is 1. The van der Waals surface area contributed by atoms with Gasteiger partial charge in [0, 0.05) is 11.0 Å². The van der Waals surface area contributed by atoms with Crippen LogP contribution in [0.2, 0.25) is 0 Å². The molecule has 0 aliphatic rings. The normalized spacial score (nSPS) is 11.1. The van der Waals surface area contributed by atoms with E-state index in [1.807, 2.05) is 34.9 Å². The Bertz CT molecular complexity index is 822. The van der Waals surface area contributed by atoms with Gasteiger partial charge in [-0.25, -0.2) is 4.39 Å². The first-order valence-electron chi connectivity index (χ1n) is 6.26. The van der Waals surface area contributed by atoms with Gasteiger partial charge in [0.2, 0.25) is 0 Å². The summed E-state index contributed by atoms with van der Waals surface area (Å²) in [5, 5.41) is 0. The molecule has 5 heteroatoms. The SMILES string of the molecule is Fc1ccccc1CCn1c(=S)[nH]c2cc(Br)ccc21. The second kappa shape index (κ2) is 5.50. The van der Waals surface area contributed by atoms with Crippen LogP contribution in [-0.4, -0.2) is 9.55 Å². The molecule has 0 bridgehead atoms. The molecule has 0 saturated heterocycles. The molecule has 0 aliphatic carbocycles. The summed E-state index contributed by atoms with van der Waals surface area (Å²) in [6.07, 6.45) is 0.615. The lowest BCUT2D eigenvalue weighted by Crippen LogP contribution is -2.02. The van der Waals surface area contributed by atoms with Crippen LogP contribution in [0.1, 0.15) is 5.56 Å². The summed E-state index contributed by atoms with van der Waals surface area (Å²) >= 11 is 8.78. The number of hydrogen-bond acceptors (Lipinski definition) is 1. The molecule has 3 rings (SSSR count). The molecule has 2 aromatic carbocycles. The van der Waals surface area contributed by atoms with Gasteiger partial charge in [0.15, 0.2) is 4.77 Å². The fraction of sp³-hybridized carbons (Fsp3) is 0.133. The van der Waals surface area contributed by atoms with Crippen LogP contribution in [0.4, 0.5) is 4.39 Å². The smallest absolute Gasteiger partial charge is 0.178 e. The molecule has 1 aromatic heterocycles. The predicted octanol–water partition coefficient (Wildman–Crippen LogP) is 4.84. The fourth-order valence-electron chi connectivity index (χ4n) is 2.29. The maximum atomic E-state index is 13.6. The number of H-pyrrole nitrogens is 1. The number of benzene rings is 2. The van der Waals surface area contributed by atoms with Gasteiger partial charge in [-0.1, -0.05) is 34.1 Å². The van der Waals surface area contributed by atoms with Gasteiger partial charge >= 0.3 is 0 Å². The van der Waals surface area contributed by atoms with Crippen LogP contribution >= 0.6 is 28.1 Å². The van der Waals surface area contributed by atoms with Crippen molar-refractivity contribution in [3.8, 4) is 0 Å². The first-order chi connectivity index (χ1) is 9.65. The van der Waals surface area contributed by atoms with E-state index in [1.165, 1.54) is 6.07 Å². The number of fused-ring (bicyclic) bond motifs is 1. The van der Waals surface area contributed by atoms with Crippen LogP contribution in [0.5, 0.6) is 0 Å². The fourth-order valence-corrected chi connectivity index (χ4v) is 2.95. The Morgan fingerprint density at radius 2 is 2.00 bits per heavy atom. The molecule has 0 radical (unpaired) electrons. The summed E-state index contributed by atoms with van der Waals surface area (Å²) in [7, 11) is 0. The minimum Gasteiger partial charge on any atom is -0.331 e. The molecule has 102 valence electrons. The van der Waals surface area contributed by atoms with E-state index in [2.05, 4.69) is 20.9 Å². The number of imidazole rings is 1. The highest BCUT2D eigenvalue weighted by Crippen LogP contribution is 2.20. The Hall–Kier alpha value is -1.46. The van der Waals surface area contributed by atoms with Crippen molar-refractivity contribution in [1.29, 1.82) is 0 Å². The van der Waals surface area contributed by atoms with E-state index >= 15 is 0 Å². The summed E-state index contributed by atoms with van der Waals surface area (Å²) in [4.78, 5) is 3.17. The Labute approximate surface area is 129 Å². The van der Waals surface area contributed by atoms with Gasteiger partial charge in [-0.2, -0.15) is 0 Å². The van der Waals surface area contributed by atoms with E-state index < -0.39 is 0 Å². The van der Waals surface area contributed by atoms with Crippen molar-refractivity contribution >= 4 is 39.2 Å². The molecule has 0 aliphatic heterocycles. The highest BCUT2D eigenvalue weighted by atomic mass is 79.9. The second-order valence-electron chi connectivity index (χ2n) is 4.58. The molecule has 0 amide bonds. The monoisotopic (exact) mass is 350 g/mol. The number of aryl methyl sites for hydroxylation is 2. The minimum absolute atomic E-state index is 0.165. The standard InChI is InChI=1S/C15H12BrFN2S/c16-11-5-6-14-13(9-11)18-15(20)19(14)8-7-10-3-1-2-4-12(10)17/h1-6,9H,7-8H2,(H,18,20). The average molecular weight is 351 g/mol. The van der Waals surface area contributed by atoms with Gasteiger partial charge in [-0.15, -0.1) is 0 Å². The van der Waals surface area contributed by atoms with Crippen LogP contribution < -0.4 is 0 Å². The molecule has 3 aromatic rings. The van der Waals surface area contributed by atoms with Crippen LogP contribution in [0.15, 0.2) is 46.9 Å². The topological polar surface area (TPSA) is 20.7 Å². The molecule has 2 nitrogen and oxygen atoms in total. The van der Waals surface area contributed by atoms with E-state index in [9.17, 15) is 4.39 Å². The highest BCUT2D eigenvalue weighted by molar-refractivity contribution is 9.10. The largest absolute Gasteiger partial charge is 0.331 e. The lowest BCUT2D eigenvalue weighted by molar-refractivity contribution is 0.595. The third kappa shape index (κ3) is 2.55. The van der Waals surface area contributed by atoms with E-state index in [-0.39, 0.29) is 5.82 Å². The van der Waals surface area contributed by atoms with Crippen LogP contribution in [0, 0.1) is 10.6 Å². The lowest BCUT2D eigenvalue weighted by Gasteiger charge is -2.06. The molecule has 0 fully saturated rings. The summed E-state index contributed by atoms with van der Waals surface area (Å²) in [5.74, 6) is -0.165. The Morgan fingerprint density at radius 3 is 2.80 bits per heavy atom. The van der Waals surface area contributed by atoms with Gasteiger partial charge in [0.05, 0.1) is 11.0 Å². The highest BCUT2D eigenvalue weighted by Gasteiger charge is 2.06. The van der Waals surface area contributed by atoms with Crippen LogP contribution in [-0.2, 0) is 13.0 Å². The van der Waals surface area contributed by atoms with Gasteiger partial charge in [-0.05, 0) is 48.5 Å². The first kappa shape index (κ1) is 13.5. The maximum absolute atomic E-state index is 13.6. The Morgan fingerprint density at radius 1 is 1.20 bits per heavy atom. The van der Waals surface area contributed by atoms with E-state index in [4.69, 9.17) is 12.2 Å². The molecule has 1 N–H and O–H groups in total. The van der Waals surface area contributed by atoms with E-state index in [0.29, 0.717) is 23.3 Å². The molecule has 0 unspecified atom stereocenters. The van der Waals surface area contributed by atoms with Crippen molar-refractivity contribution in [2.45, 2.75) is 13.0 Å². The molecule has 0 atom stereocenters. The van der Waals surface area contributed by atoms with Crippen molar-refractivity contribution < 1.29 is 4.39 Å². The Kier molecular flexibility index (Phi) is 3.72. The molecule has 0 saturated carbocycles. The van der Waals surface area contributed by atoms with Crippen molar-refractivity contribution in [2.24, 2.45) is 0 Å². The third-order valence-electron chi connectivity index (χ3n) is 3.30. The average Bonchev–Trinajstić information content (AvgIpc) is 2.73. The number of halogens is 2. The molecular formula is C15H12BrFN2S. The first-order valence-corrected chi connectivity index (χ1v) is 7.47. The number of nitrogens with one attached hydrogen (secondary N) is 1.